The predicted molar refractivity (Wildman–Crippen MR) is 104 cm³/mol. The second-order valence-electron chi connectivity index (χ2n) is 4.98. The summed E-state index contributed by atoms with van der Waals surface area (Å²) in [4.78, 5) is 10.1. The molecule has 0 amide bonds. The molecule has 1 aromatic rings. The topological polar surface area (TPSA) is 49.3 Å². The number of aliphatic imine (C=N–C) groups is 1. The average Bonchev–Trinajstić information content (AvgIpc) is 2.75. The Morgan fingerprint density at radius 1 is 1.14 bits per heavy atom. The van der Waals surface area contributed by atoms with E-state index in [0.717, 1.165) is 36.2 Å². The molecule has 0 saturated heterocycles. The predicted octanol–water partition coefficient (Wildman–Crippen LogP) is 3.67. The third-order valence-electron chi connectivity index (χ3n) is 3.19. The van der Waals surface area contributed by atoms with Crippen LogP contribution < -0.4 is 10.6 Å². The minimum Gasteiger partial charge on any atom is -0.356 e. The Morgan fingerprint density at radius 2 is 1.86 bits per heavy atom. The maximum absolute atomic E-state index is 4.45. The van der Waals surface area contributed by atoms with Gasteiger partial charge < -0.3 is 10.6 Å². The van der Waals surface area contributed by atoms with Crippen molar-refractivity contribution in [3.8, 4) is 0 Å². The fourth-order valence-corrected chi connectivity index (χ4v) is 3.02. The van der Waals surface area contributed by atoms with Crippen LogP contribution in [0.3, 0.4) is 0 Å². The van der Waals surface area contributed by atoms with E-state index >= 15 is 0 Å². The molecule has 21 heavy (non-hydrogen) atoms. The minimum atomic E-state index is 0. The van der Waals surface area contributed by atoms with Gasteiger partial charge in [0.2, 0.25) is 0 Å². The Morgan fingerprint density at radius 3 is 2.43 bits per heavy atom. The fraction of sp³-hybridized carbons (Fsp3) is 0.733. The summed E-state index contributed by atoms with van der Waals surface area (Å²) in [6.07, 6.45) is 6.10. The van der Waals surface area contributed by atoms with Gasteiger partial charge >= 0.3 is 0 Å². The van der Waals surface area contributed by atoms with Crippen molar-refractivity contribution in [3.63, 3.8) is 0 Å². The van der Waals surface area contributed by atoms with Gasteiger partial charge in [-0.05, 0) is 20.3 Å². The highest BCUT2D eigenvalue weighted by atomic mass is 127. The number of hydrogen-bond donors (Lipinski definition) is 2. The van der Waals surface area contributed by atoms with Crippen LogP contribution in [0, 0.1) is 13.8 Å². The van der Waals surface area contributed by atoms with Crippen LogP contribution in [0.15, 0.2) is 4.99 Å². The maximum atomic E-state index is 4.45. The van der Waals surface area contributed by atoms with Gasteiger partial charge in [0.05, 0.1) is 10.7 Å². The molecule has 0 atom stereocenters. The lowest BCUT2D eigenvalue weighted by Gasteiger charge is -2.11. The number of aromatic nitrogens is 1. The summed E-state index contributed by atoms with van der Waals surface area (Å²) in [5.41, 5.74) is 1.16. The molecular weight excluding hydrogens is 395 g/mol. The molecule has 0 radical (unpaired) electrons. The van der Waals surface area contributed by atoms with E-state index in [-0.39, 0.29) is 24.0 Å². The SMILES string of the molecule is CCCCCCNC(=NC)NCCc1sc(C)nc1C.I. The zero-order valence-electron chi connectivity index (χ0n) is 13.7. The van der Waals surface area contributed by atoms with Crippen molar-refractivity contribution in [1.29, 1.82) is 0 Å². The summed E-state index contributed by atoms with van der Waals surface area (Å²) >= 11 is 1.79. The van der Waals surface area contributed by atoms with E-state index in [2.05, 4.69) is 41.4 Å². The lowest BCUT2D eigenvalue weighted by atomic mass is 10.2. The number of aryl methyl sites for hydroxylation is 2. The molecule has 1 rings (SSSR count). The van der Waals surface area contributed by atoms with Crippen molar-refractivity contribution in [1.82, 2.24) is 15.6 Å². The fourth-order valence-electron chi connectivity index (χ4n) is 2.08. The Bertz CT molecular complexity index is 418. The highest BCUT2D eigenvalue weighted by molar-refractivity contribution is 14.0. The van der Waals surface area contributed by atoms with Crippen molar-refractivity contribution in [2.24, 2.45) is 4.99 Å². The number of guanidine groups is 1. The van der Waals surface area contributed by atoms with Crippen LogP contribution in [0.5, 0.6) is 0 Å². The summed E-state index contributed by atoms with van der Waals surface area (Å²) < 4.78 is 0. The van der Waals surface area contributed by atoms with E-state index in [4.69, 9.17) is 0 Å². The number of nitrogens with one attached hydrogen (secondary N) is 2. The molecule has 2 N–H and O–H groups in total. The van der Waals surface area contributed by atoms with Crippen LogP contribution in [0.2, 0.25) is 0 Å². The lowest BCUT2D eigenvalue weighted by molar-refractivity contribution is 0.647. The summed E-state index contributed by atoms with van der Waals surface area (Å²) in [5.74, 6) is 0.903. The maximum Gasteiger partial charge on any atom is 0.190 e. The molecule has 0 bridgehead atoms. The molecule has 0 aliphatic rings. The molecule has 0 spiro atoms. The second kappa shape index (κ2) is 12.2. The van der Waals surface area contributed by atoms with Crippen molar-refractivity contribution < 1.29 is 0 Å². The summed E-state index contributed by atoms with van der Waals surface area (Å²) in [5, 5.41) is 7.87. The Balaban J connectivity index is 0.00000400. The number of halogens is 1. The van der Waals surface area contributed by atoms with Crippen LogP contribution in [0.1, 0.15) is 48.2 Å². The van der Waals surface area contributed by atoms with Crippen molar-refractivity contribution in [2.75, 3.05) is 20.1 Å². The highest BCUT2D eigenvalue weighted by Crippen LogP contribution is 2.16. The standard InChI is InChI=1S/C15H28N4S.HI/c1-5-6-7-8-10-17-15(16-4)18-11-9-14-12(2)19-13(3)20-14;/h5-11H2,1-4H3,(H2,16,17,18);1H. The third-order valence-corrected chi connectivity index (χ3v) is 4.32. The first-order valence-corrected chi connectivity index (χ1v) is 8.36. The molecule has 0 aliphatic heterocycles. The van der Waals surface area contributed by atoms with E-state index in [1.807, 2.05) is 7.05 Å². The minimum absolute atomic E-state index is 0. The molecular formula is C15H29IN4S. The molecule has 0 unspecified atom stereocenters. The summed E-state index contributed by atoms with van der Waals surface area (Å²) in [6.45, 7) is 8.28. The van der Waals surface area contributed by atoms with Gasteiger partial charge in [0.25, 0.3) is 0 Å². The monoisotopic (exact) mass is 424 g/mol. The Kier molecular flexibility index (Phi) is 12.0. The molecule has 0 aliphatic carbocycles. The van der Waals surface area contributed by atoms with Gasteiger partial charge in [-0.2, -0.15) is 0 Å². The molecule has 0 fully saturated rings. The Hall–Kier alpha value is -0.370. The highest BCUT2D eigenvalue weighted by Gasteiger charge is 2.04. The number of hydrogen-bond acceptors (Lipinski definition) is 3. The van der Waals surface area contributed by atoms with Gasteiger partial charge in [0, 0.05) is 31.4 Å². The quantitative estimate of drug-likeness (QED) is 0.290. The average molecular weight is 424 g/mol. The van der Waals surface area contributed by atoms with Crippen LogP contribution in [-0.2, 0) is 6.42 Å². The van der Waals surface area contributed by atoms with E-state index < -0.39 is 0 Å². The van der Waals surface area contributed by atoms with Gasteiger partial charge in [0.1, 0.15) is 0 Å². The summed E-state index contributed by atoms with van der Waals surface area (Å²) in [7, 11) is 1.82. The van der Waals surface area contributed by atoms with Gasteiger partial charge in [-0.3, -0.25) is 4.99 Å². The zero-order valence-corrected chi connectivity index (χ0v) is 16.8. The smallest absolute Gasteiger partial charge is 0.190 e. The van der Waals surface area contributed by atoms with Crippen LogP contribution in [-0.4, -0.2) is 31.1 Å². The molecule has 0 aromatic carbocycles. The number of rotatable bonds is 8. The first kappa shape index (κ1) is 20.6. The van der Waals surface area contributed by atoms with Crippen LogP contribution in [0.4, 0.5) is 0 Å². The number of unbranched alkanes of at least 4 members (excludes halogenated alkanes) is 3. The number of nitrogens with zero attached hydrogens (tertiary/aromatic N) is 2. The molecule has 4 nitrogen and oxygen atoms in total. The van der Waals surface area contributed by atoms with Crippen molar-refractivity contribution in [3.05, 3.63) is 15.6 Å². The van der Waals surface area contributed by atoms with Crippen molar-refractivity contribution in [2.45, 2.75) is 52.9 Å². The van der Waals surface area contributed by atoms with E-state index in [0.29, 0.717) is 0 Å². The van der Waals surface area contributed by atoms with Crippen molar-refractivity contribution >= 4 is 41.3 Å². The second-order valence-corrected chi connectivity index (χ2v) is 6.27. The molecule has 0 saturated carbocycles. The first-order valence-electron chi connectivity index (χ1n) is 7.54. The zero-order chi connectivity index (χ0) is 14.8. The molecule has 1 aromatic heterocycles. The molecule has 1 heterocycles. The summed E-state index contributed by atoms with van der Waals surface area (Å²) in [6, 6.07) is 0. The van der Waals surface area contributed by atoms with E-state index in [1.165, 1.54) is 30.6 Å². The van der Waals surface area contributed by atoms with E-state index in [1.54, 1.807) is 11.3 Å². The molecule has 6 heteroatoms. The van der Waals surface area contributed by atoms with Gasteiger partial charge in [-0.25, -0.2) is 4.98 Å². The van der Waals surface area contributed by atoms with Gasteiger partial charge in [-0.15, -0.1) is 35.3 Å². The third kappa shape index (κ3) is 8.60. The first-order chi connectivity index (χ1) is 9.67. The normalized spacial score (nSPS) is 11.1. The van der Waals surface area contributed by atoms with Crippen LogP contribution in [0.25, 0.3) is 0 Å². The van der Waals surface area contributed by atoms with Crippen LogP contribution >= 0.6 is 35.3 Å². The molecule has 122 valence electrons. The largest absolute Gasteiger partial charge is 0.356 e. The lowest BCUT2D eigenvalue weighted by Crippen LogP contribution is -2.38. The van der Waals surface area contributed by atoms with Gasteiger partial charge in [0.15, 0.2) is 5.96 Å². The number of thiazole rings is 1. The van der Waals surface area contributed by atoms with Gasteiger partial charge in [-0.1, -0.05) is 26.2 Å². The Labute approximate surface area is 150 Å². The van der Waals surface area contributed by atoms with E-state index in [9.17, 15) is 0 Å².